The van der Waals surface area contributed by atoms with Gasteiger partial charge in [-0.1, -0.05) is 53.7 Å². The average Bonchev–Trinajstić information content (AvgIpc) is 3.78. The van der Waals surface area contributed by atoms with Gasteiger partial charge in [0.15, 0.2) is 0 Å². The molecule has 5 atom stereocenters. The van der Waals surface area contributed by atoms with E-state index in [1.54, 1.807) is 32.5 Å². The van der Waals surface area contributed by atoms with Gasteiger partial charge in [-0.3, -0.25) is 29.2 Å². The van der Waals surface area contributed by atoms with Gasteiger partial charge in [0.2, 0.25) is 11.8 Å². The van der Waals surface area contributed by atoms with E-state index in [0.717, 1.165) is 51.0 Å². The molecule has 0 radical (unpaired) electrons. The van der Waals surface area contributed by atoms with Crippen LogP contribution >= 0.6 is 0 Å². The quantitative estimate of drug-likeness (QED) is 0.151. The Morgan fingerprint density at radius 3 is 2.50 bits per heavy atom. The summed E-state index contributed by atoms with van der Waals surface area (Å²) in [4.78, 5) is 62.8. The van der Waals surface area contributed by atoms with Crippen molar-refractivity contribution >= 4 is 34.6 Å². The van der Waals surface area contributed by atoms with Gasteiger partial charge in [-0.05, 0) is 110 Å². The molecule has 0 unspecified atom stereocenters. The number of rotatable bonds is 9. The monoisotopic (exact) mass is 848 g/mol. The van der Waals surface area contributed by atoms with Gasteiger partial charge in [-0.25, -0.2) is 5.43 Å². The number of hydrogen-bond acceptors (Lipinski definition) is 9. The van der Waals surface area contributed by atoms with Crippen molar-refractivity contribution in [2.45, 2.75) is 118 Å². The van der Waals surface area contributed by atoms with E-state index < -0.39 is 41.3 Å². The molecule has 13 heteroatoms. The molecule has 2 aliphatic heterocycles. The molecule has 7 rings (SSSR count). The number of likely N-dealkylation sites (N-methyl/N-ethyl adjacent to an activating group) is 1. The van der Waals surface area contributed by atoms with E-state index in [2.05, 4.69) is 54.3 Å². The van der Waals surface area contributed by atoms with Crippen molar-refractivity contribution in [3.63, 3.8) is 0 Å². The smallest absolute Gasteiger partial charge is 0.324 e. The zero-order valence-corrected chi connectivity index (χ0v) is 38.0. The fourth-order valence-electron chi connectivity index (χ4n) is 9.52. The number of aromatic nitrogens is 2. The fraction of sp³-hybridized carbons (Fsp3) is 0.531. The first-order valence-electron chi connectivity index (χ1n) is 22.1. The molecule has 2 fully saturated rings. The third-order valence-corrected chi connectivity index (χ3v) is 13.2. The van der Waals surface area contributed by atoms with Crippen molar-refractivity contribution in [2.75, 3.05) is 27.3 Å². The van der Waals surface area contributed by atoms with E-state index in [9.17, 15) is 24.3 Å². The summed E-state index contributed by atoms with van der Waals surface area (Å²) in [5, 5.41) is 16.7. The van der Waals surface area contributed by atoms with E-state index in [1.165, 1.54) is 9.91 Å². The van der Waals surface area contributed by atoms with Crippen molar-refractivity contribution < 1.29 is 33.8 Å². The summed E-state index contributed by atoms with van der Waals surface area (Å²) in [6, 6.07) is 12.9. The van der Waals surface area contributed by atoms with Crippen LogP contribution in [-0.4, -0.2) is 93.7 Å². The van der Waals surface area contributed by atoms with Crippen LogP contribution in [-0.2, 0) is 48.0 Å². The van der Waals surface area contributed by atoms with E-state index in [1.807, 2.05) is 52.8 Å². The van der Waals surface area contributed by atoms with Crippen LogP contribution in [0.25, 0.3) is 33.3 Å². The average molecular weight is 849 g/mol. The Hall–Kier alpha value is -5.27. The first-order valence-corrected chi connectivity index (χ1v) is 22.1. The van der Waals surface area contributed by atoms with Crippen LogP contribution in [0.1, 0.15) is 97.6 Å². The highest BCUT2D eigenvalue weighted by Gasteiger charge is 2.53. The topological polar surface area (TPSA) is 155 Å². The summed E-state index contributed by atoms with van der Waals surface area (Å²) in [5.74, 6) is -1.83. The zero-order chi connectivity index (χ0) is 44.8. The van der Waals surface area contributed by atoms with Gasteiger partial charge in [0, 0.05) is 67.7 Å². The molecule has 6 bridgehead atoms. The van der Waals surface area contributed by atoms with Crippen molar-refractivity contribution in [1.82, 2.24) is 30.2 Å². The zero-order valence-electron chi connectivity index (χ0n) is 38.0. The standard InChI is InChI=1S/C49H64N6O7/c1-11-54-40-17-16-31-24-35(40)36(43(54)34-14-12-18-50-41(34)29(4)61-10)25-48(5,6)27-62-47(60)38-15-13-19-55(52-38)46(59)39(22-30-20-32(31)23-33(56)21-30)51-44(57)42(28(2)3)53(9)45(58)37-26-49(37,7)8/h12,14,16-18,20-21,23-24,28-29,37-39,42,52,56H,11,13,15,19,22,25-27H2,1-10H3,(H,51,57)/t29-,37+,38-,39-,42-/m0/s1. The molecular weight excluding hydrogens is 785 g/mol. The number of aryl methyl sites for hydroxylation is 1. The highest BCUT2D eigenvalue weighted by atomic mass is 16.5. The van der Waals surface area contributed by atoms with Gasteiger partial charge in [0.05, 0.1) is 24.1 Å². The molecule has 4 heterocycles. The van der Waals surface area contributed by atoms with Crippen molar-refractivity contribution in [2.24, 2.45) is 22.7 Å². The van der Waals surface area contributed by atoms with Gasteiger partial charge in [0.25, 0.3) is 5.91 Å². The number of methoxy groups -OCH3 is 1. The molecule has 1 aliphatic carbocycles. The Morgan fingerprint density at radius 1 is 1.08 bits per heavy atom. The summed E-state index contributed by atoms with van der Waals surface area (Å²) < 4.78 is 14.2. The van der Waals surface area contributed by atoms with Crippen molar-refractivity contribution in [3.05, 3.63) is 71.5 Å². The predicted octanol–water partition coefficient (Wildman–Crippen LogP) is 6.98. The molecule has 4 aromatic rings. The lowest BCUT2D eigenvalue weighted by atomic mass is 9.84. The lowest BCUT2D eigenvalue weighted by Crippen LogP contribution is -2.62. The number of nitrogens with one attached hydrogen (secondary N) is 2. The molecule has 62 heavy (non-hydrogen) atoms. The molecule has 2 aromatic heterocycles. The number of phenolic OH excluding ortho intramolecular Hbond substituents is 1. The van der Waals surface area contributed by atoms with Gasteiger partial charge < -0.3 is 29.4 Å². The van der Waals surface area contributed by atoms with Crippen LogP contribution in [0, 0.1) is 22.7 Å². The SMILES string of the molecule is CCn1c(-c2cccnc2[C@H](C)OC)c2c3cc(ccc31)-c1cc(O)cc(c1)C[C@H](NC(=O)[C@H](C(C)C)N(C)C(=O)[C@H]1CC1(C)C)C(=O)N1CCC[C@H](N1)C(=O)OCC(C)(C)C2. The Balaban J connectivity index is 1.35. The fourth-order valence-corrected chi connectivity index (χ4v) is 9.52. The number of phenols is 1. The highest BCUT2D eigenvalue weighted by Crippen LogP contribution is 2.52. The minimum absolute atomic E-state index is 0.0163. The highest BCUT2D eigenvalue weighted by molar-refractivity contribution is 5.96. The molecule has 332 valence electrons. The van der Waals surface area contributed by atoms with Crippen LogP contribution < -0.4 is 10.7 Å². The number of hydrogen-bond donors (Lipinski definition) is 3. The molecule has 0 spiro atoms. The summed E-state index contributed by atoms with van der Waals surface area (Å²) in [6.45, 7) is 17.3. The number of pyridine rings is 1. The third kappa shape index (κ3) is 8.97. The maximum atomic E-state index is 14.6. The van der Waals surface area contributed by atoms with Crippen LogP contribution in [0.5, 0.6) is 5.75 Å². The number of carbonyl (C=O) groups excluding carboxylic acids is 4. The minimum atomic E-state index is -1.10. The van der Waals surface area contributed by atoms with Crippen LogP contribution in [0.15, 0.2) is 54.7 Å². The second-order valence-corrected chi connectivity index (χ2v) is 19.4. The van der Waals surface area contributed by atoms with Gasteiger partial charge in [0.1, 0.15) is 23.9 Å². The first-order chi connectivity index (χ1) is 29.3. The first kappa shape index (κ1) is 44.8. The number of ether oxygens (including phenoxy) is 2. The number of carbonyl (C=O) groups is 4. The maximum Gasteiger partial charge on any atom is 0.324 e. The Kier molecular flexibility index (Phi) is 12.6. The largest absolute Gasteiger partial charge is 0.508 e. The molecule has 13 nitrogen and oxygen atoms in total. The van der Waals surface area contributed by atoms with E-state index in [0.29, 0.717) is 37.9 Å². The minimum Gasteiger partial charge on any atom is -0.508 e. The number of benzene rings is 2. The third-order valence-electron chi connectivity index (χ3n) is 13.2. The number of cyclic esters (lactones) is 1. The molecule has 3 amide bonds. The molecule has 3 aliphatic rings. The number of fused-ring (bicyclic) bond motifs is 6. The Bertz CT molecular complexity index is 2370. The molecule has 1 saturated carbocycles. The normalized spacial score (nSPS) is 22.1. The van der Waals surface area contributed by atoms with Crippen molar-refractivity contribution in [3.8, 4) is 28.1 Å². The van der Waals surface area contributed by atoms with Gasteiger partial charge in [-0.2, -0.15) is 0 Å². The number of amides is 3. The summed E-state index contributed by atoms with van der Waals surface area (Å²) >= 11 is 0. The van der Waals surface area contributed by atoms with Gasteiger partial charge in [-0.15, -0.1) is 0 Å². The van der Waals surface area contributed by atoms with Crippen molar-refractivity contribution in [1.29, 1.82) is 0 Å². The van der Waals surface area contributed by atoms with E-state index in [-0.39, 0.29) is 48.0 Å². The predicted molar refractivity (Wildman–Crippen MR) is 239 cm³/mol. The molecule has 3 N–H and O–H groups in total. The summed E-state index contributed by atoms with van der Waals surface area (Å²) in [7, 11) is 3.34. The summed E-state index contributed by atoms with van der Waals surface area (Å²) in [5.41, 5.74) is 9.61. The number of esters is 1. The lowest BCUT2D eigenvalue weighted by Gasteiger charge is -2.37. The molecular formula is C49H64N6O7. The van der Waals surface area contributed by atoms with E-state index in [4.69, 9.17) is 14.5 Å². The number of aromatic hydroxyl groups is 1. The maximum absolute atomic E-state index is 14.6. The number of hydrazine groups is 1. The Morgan fingerprint density at radius 2 is 1.82 bits per heavy atom. The summed E-state index contributed by atoms with van der Waals surface area (Å²) in [6.07, 6.45) is 3.87. The number of nitrogens with zero attached hydrogens (tertiary/aromatic N) is 4. The van der Waals surface area contributed by atoms with Crippen LogP contribution in [0.3, 0.4) is 0 Å². The van der Waals surface area contributed by atoms with E-state index >= 15 is 0 Å². The lowest BCUT2D eigenvalue weighted by molar-refractivity contribution is -0.155. The molecule has 2 aromatic carbocycles. The molecule has 1 saturated heterocycles. The van der Waals surface area contributed by atoms with Gasteiger partial charge >= 0.3 is 5.97 Å². The van der Waals surface area contributed by atoms with Crippen LogP contribution in [0.4, 0.5) is 0 Å². The second-order valence-electron chi connectivity index (χ2n) is 19.4. The Labute approximate surface area is 365 Å². The van der Waals surface area contributed by atoms with Crippen LogP contribution in [0.2, 0.25) is 0 Å². The second kappa shape index (κ2) is 17.5.